The van der Waals surface area contributed by atoms with Crippen LogP contribution < -0.4 is 14.2 Å². The Balaban J connectivity index is 1.76. The van der Waals surface area contributed by atoms with E-state index in [0.717, 1.165) is 6.42 Å². The van der Waals surface area contributed by atoms with Gasteiger partial charge in [0.1, 0.15) is 18.3 Å². The fourth-order valence-corrected chi connectivity index (χ4v) is 5.00. The Morgan fingerprint density at radius 1 is 1.11 bits per heavy atom. The molecule has 3 atom stereocenters. The lowest BCUT2D eigenvalue weighted by molar-refractivity contribution is 0.103. The van der Waals surface area contributed by atoms with Crippen molar-refractivity contribution in [2.45, 2.75) is 44.0 Å². The van der Waals surface area contributed by atoms with E-state index in [1.54, 1.807) is 13.8 Å². The molecule has 3 aromatic heterocycles. The first kappa shape index (κ1) is 25.0. The van der Waals surface area contributed by atoms with Gasteiger partial charge in [-0.1, -0.05) is 18.5 Å². The second kappa shape index (κ2) is 10.3. The van der Waals surface area contributed by atoms with Crippen molar-refractivity contribution in [3.8, 4) is 17.4 Å². The molecule has 0 amide bonds. The predicted octanol–water partition coefficient (Wildman–Crippen LogP) is 2.30. The molecule has 1 saturated heterocycles. The number of aromatic nitrogens is 7. The summed E-state index contributed by atoms with van der Waals surface area (Å²) < 4.78 is 47.4. The van der Waals surface area contributed by atoms with Gasteiger partial charge in [-0.3, -0.25) is 9.29 Å². The highest BCUT2D eigenvalue weighted by atomic mass is 35.5. The monoisotopic (exact) mass is 524 g/mol. The molecule has 0 radical (unpaired) electrons. The van der Waals surface area contributed by atoms with Crippen LogP contribution >= 0.6 is 11.6 Å². The first-order valence-electron chi connectivity index (χ1n) is 10.8. The summed E-state index contributed by atoms with van der Waals surface area (Å²) in [4.78, 5) is 16.6. The Morgan fingerprint density at radius 2 is 1.77 bits per heavy atom. The van der Waals surface area contributed by atoms with Gasteiger partial charge in [0, 0.05) is 24.9 Å². The van der Waals surface area contributed by atoms with Crippen LogP contribution in [0.3, 0.4) is 0 Å². The van der Waals surface area contributed by atoms with Crippen molar-refractivity contribution in [3.63, 3.8) is 0 Å². The van der Waals surface area contributed by atoms with Crippen molar-refractivity contribution in [1.29, 1.82) is 0 Å². The first-order chi connectivity index (χ1) is 16.8. The van der Waals surface area contributed by atoms with Gasteiger partial charge >= 0.3 is 0 Å². The zero-order chi connectivity index (χ0) is 25.2. The molecule has 0 spiro atoms. The second-order valence-corrected chi connectivity index (χ2v) is 10.3. The van der Waals surface area contributed by atoms with Gasteiger partial charge in [-0.25, -0.2) is 18.4 Å². The van der Waals surface area contributed by atoms with Crippen LogP contribution in [0.15, 0.2) is 18.7 Å². The lowest BCUT2D eigenvalue weighted by Gasteiger charge is -2.21. The zero-order valence-corrected chi connectivity index (χ0v) is 21.1. The molecular weight excluding hydrogens is 500 g/mol. The van der Waals surface area contributed by atoms with Gasteiger partial charge < -0.3 is 14.2 Å². The molecule has 15 heteroatoms. The summed E-state index contributed by atoms with van der Waals surface area (Å²) in [5, 5.41) is 7.79. The molecular formula is C20H25ClN8O5S. The van der Waals surface area contributed by atoms with Gasteiger partial charge in [-0.2, -0.15) is 9.97 Å². The van der Waals surface area contributed by atoms with Crippen molar-refractivity contribution in [3.05, 3.63) is 35.4 Å². The van der Waals surface area contributed by atoms with Gasteiger partial charge in [0.15, 0.2) is 11.5 Å². The van der Waals surface area contributed by atoms with Crippen molar-refractivity contribution in [1.82, 2.24) is 34.7 Å². The average molecular weight is 525 g/mol. The SMILES string of the molecule is COc1ncnc(OC)c1-n1c(NS(=O)(=O)[C@@H](C)[C@H](C)c2ncc(Cl)cn2)nnc1[C@@H]1CCCO1. The summed E-state index contributed by atoms with van der Waals surface area (Å²) in [5.74, 6) is 0.363. The van der Waals surface area contributed by atoms with E-state index in [0.29, 0.717) is 29.7 Å². The number of methoxy groups -OCH3 is 2. The minimum Gasteiger partial charge on any atom is -0.479 e. The Bertz CT molecular complexity index is 1260. The Hall–Kier alpha value is -3.10. The van der Waals surface area contributed by atoms with Crippen LogP contribution in [0.1, 0.15) is 50.4 Å². The minimum absolute atomic E-state index is 0.0852. The predicted molar refractivity (Wildman–Crippen MR) is 125 cm³/mol. The molecule has 1 aliphatic rings. The van der Waals surface area contributed by atoms with Crippen LogP contribution in [0.4, 0.5) is 5.95 Å². The molecule has 35 heavy (non-hydrogen) atoms. The number of nitrogens with one attached hydrogen (secondary N) is 1. The van der Waals surface area contributed by atoms with E-state index in [2.05, 4.69) is 34.9 Å². The molecule has 0 saturated carbocycles. The van der Waals surface area contributed by atoms with Crippen LogP contribution in [-0.2, 0) is 14.8 Å². The van der Waals surface area contributed by atoms with Crippen molar-refractivity contribution >= 4 is 27.6 Å². The molecule has 1 N–H and O–H groups in total. The third kappa shape index (κ3) is 4.99. The summed E-state index contributed by atoms with van der Waals surface area (Å²) in [6, 6.07) is 0. The molecule has 13 nitrogen and oxygen atoms in total. The third-order valence-electron chi connectivity index (χ3n) is 5.75. The highest BCUT2D eigenvalue weighted by molar-refractivity contribution is 7.93. The topological polar surface area (TPSA) is 156 Å². The standard InChI is InChI=1S/C20H25ClN8O5S/c1-11(16-22-8-13(21)9-23-16)12(2)35(30,31)28-20-27-26-17(14-6-5-7-34-14)29(20)15-18(32-3)24-10-25-19(15)33-4/h8-12,14H,5-7H2,1-4H3,(H,27,28)/t11-,12-,14-/m0/s1. The minimum atomic E-state index is -4.00. The highest BCUT2D eigenvalue weighted by Crippen LogP contribution is 2.37. The number of ether oxygens (including phenoxy) is 3. The van der Waals surface area contributed by atoms with E-state index < -0.39 is 27.3 Å². The van der Waals surface area contributed by atoms with Crippen LogP contribution in [0.5, 0.6) is 11.8 Å². The molecule has 188 valence electrons. The van der Waals surface area contributed by atoms with Gasteiger partial charge in [0.2, 0.25) is 27.7 Å². The van der Waals surface area contributed by atoms with Crippen LogP contribution in [0.2, 0.25) is 5.02 Å². The van der Waals surface area contributed by atoms with E-state index in [9.17, 15) is 8.42 Å². The van der Waals surface area contributed by atoms with E-state index in [-0.39, 0.29) is 23.4 Å². The lowest BCUT2D eigenvalue weighted by atomic mass is 10.1. The average Bonchev–Trinajstić information content (AvgIpc) is 3.52. The Kier molecular flexibility index (Phi) is 7.33. The quantitative estimate of drug-likeness (QED) is 0.438. The molecule has 4 heterocycles. The molecule has 1 aliphatic heterocycles. The summed E-state index contributed by atoms with van der Waals surface area (Å²) >= 11 is 5.86. The fraction of sp³-hybridized carbons (Fsp3) is 0.500. The third-order valence-corrected chi connectivity index (χ3v) is 7.80. The van der Waals surface area contributed by atoms with Gasteiger partial charge in [0.25, 0.3) is 0 Å². The number of nitrogens with zero attached hydrogens (tertiary/aromatic N) is 7. The first-order valence-corrected chi connectivity index (χ1v) is 12.7. The van der Waals surface area contributed by atoms with E-state index in [1.807, 2.05) is 0 Å². The van der Waals surface area contributed by atoms with Crippen LogP contribution in [0.25, 0.3) is 5.69 Å². The molecule has 0 unspecified atom stereocenters. The summed E-state index contributed by atoms with van der Waals surface area (Å²) in [6.07, 6.45) is 5.22. The normalized spacial score (nSPS) is 17.7. The fourth-order valence-electron chi connectivity index (χ4n) is 3.67. The van der Waals surface area contributed by atoms with Crippen LogP contribution in [0, 0.1) is 0 Å². The van der Waals surface area contributed by atoms with E-state index >= 15 is 0 Å². The maximum absolute atomic E-state index is 13.4. The number of rotatable bonds is 9. The van der Waals surface area contributed by atoms with Crippen LogP contribution in [-0.4, -0.2) is 69.2 Å². The molecule has 1 fully saturated rings. The summed E-state index contributed by atoms with van der Waals surface area (Å²) in [6.45, 7) is 3.82. The van der Waals surface area contributed by atoms with Gasteiger partial charge in [-0.15, -0.1) is 10.2 Å². The Labute approximate surface area is 207 Å². The molecule has 4 rings (SSSR count). The van der Waals surface area contributed by atoms with E-state index in [4.69, 9.17) is 25.8 Å². The zero-order valence-electron chi connectivity index (χ0n) is 19.5. The molecule has 0 bridgehead atoms. The van der Waals surface area contributed by atoms with Crippen molar-refractivity contribution < 1.29 is 22.6 Å². The molecule has 3 aromatic rings. The molecule has 0 aromatic carbocycles. The number of hydrogen-bond donors (Lipinski definition) is 1. The smallest absolute Gasteiger partial charge is 0.245 e. The van der Waals surface area contributed by atoms with Gasteiger partial charge in [0.05, 0.1) is 24.5 Å². The number of sulfonamides is 1. The largest absolute Gasteiger partial charge is 0.479 e. The highest BCUT2D eigenvalue weighted by Gasteiger charge is 2.34. The lowest BCUT2D eigenvalue weighted by Crippen LogP contribution is -2.31. The van der Waals surface area contributed by atoms with Crippen molar-refractivity contribution in [2.24, 2.45) is 0 Å². The van der Waals surface area contributed by atoms with E-state index in [1.165, 1.54) is 37.5 Å². The Morgan fingerprint density at radius 3 is 2.34 bits per heavy atom. The number of halogens is 1. The number of hydrogen-bond acceptors (Lipinski definition) is 11. The van der Waals surface area contributed by atoms with Crippen molar-refractivity contribution in [2.75, 3.05) is 25.5 Å². The maximum Gasteiger partial charge on any atom is 0.245 e. The summed E-state index contributed by atoms with van der Waals surface area (Å²) in [5.41, 5.74) is 0.243. The summed E-state index contributed by atoms with van der Waals surface area (Å²) in [7, 11) is -1.14. The molecule has 0 aliphatic carbocycles. The van der Waals surface area contributed by atoms with Gasteiger partial charge in [-0.05, 0) is 19.8 Å². The number of anilines is 1. The maximum atomic E-state index is 13.4. The second-order valence-electron chi connectivity index (χ2n) is 7.86.